The Morgan fingerprint density at radius 3 is 2.45 bits per heavy atom. The summed E-state index contributed by atoms with van der Waals surface area (Å²) >= 11 is 2.12. The molecule has 1 atom stereocenters. The van der Waals surface area contributed by atoms with Gasteiger partial charge in [-0.25, -0.2) is 0 Å². The van der Waals surface area contributed by atoms with Gasteiger partial charge in [0.05, 0.1) is 0 Å². The zero-order chi connectivity index (χ0) is 7.68. The molecule has 64 valence electrons. The van der Waals surface area contributed by atoms with Gasteiger partial charge in [-0.1, -0.05) is 0 Å². The predicted molar refractivity (Wildman–Crippen MR) is 51.0 cm³/mol. The van der Waals surface area contributed by atoms with E-state index in [0.29, 0.717) is 0 Å². The van der Waals surface area contributed by atoms with Crippen molar-refractivity contribution in [2.75, 3.05) is 25.1 Å². The molecule has 0 amide bonds. The quantitative estimate of drug-likeness (QED) is 0.689. The Morgan fingerprint density at radius 1 is 1.36 bits per heavy atom. The molecule has 1 saturated carbocycles. The minimum absolute atomic E-state index is 1.02. The Kier molecular flexibility index (Phi) is 2.42. The van der Waals surface area contributed by atoms with E-state index in [0.717, 1.165) is 17.8 Å². The van der Waals surface area contributed by atoms with Crippen molar-refractivity contribution in [1.29, 1.82) is 0 Å². The molecular formula is C9H17NS. The standard InChI is InChI=1S/C9H17NS/c1-10-4-9(7-2-3-7)8-5-11-6-8/h7-10H,2-6H2,1H3. The van der Waals surface area contributed by atoms with Crippen molar-refractivity contribution in [1.82, 2.24) is 5.32 Å². The molecule has 2 fully saturated rings. The zero-order valence-corrected chi connectivity index (χ0v) is 7.99. The second-order valence-corrected chi connectivity index (χ2v) is 4.93. The van der Waals surface area contributed by atoms with Gasteiger partial charge < -0.3 is 5.32 Å². The lowest BCUT2D eigenvalue weighted by Crippen LogP contribution is -2.35. The van der Waals surface area contributed by atoms with Crippen molar-refractivity contribution in [3.05, 3.63) is 0 Å². The molecule has 1 aliphatic heterocycles. The number of hydrogen-bond acceptors (Lipinski definition) is 2. The summed E-state index contributed by atoms with van der Waals surface area (Å²) in [6.07, 6.45) is 3.01. The maximum Gasteiger partial charge on any atom is -0.00176 e. The van der Waals surface area contributed by atoms with E-state index in [-0.39, 0.29) is 0 Å². The molecule has 0 spiro atoms. The van der Waals surface area contributed by atoms with Gasteiger partial charge in [0, 0.05) is 0 Å². The topological polar surface area (TPSA) is 12.0 Å². The van der Waals surface area contributed by atoms with E-state index in [1.54, 1.807) is 0 Å². The van der Waals surface area contributed by atoms with Crippen LogP contribution in [0.1, 0.15) is 12.8 Å². The van der Waals surface area contributed by atoms with E-state index < -0.39 is 0 Å². The fourth-order valence-corrected chi connectivity index (χ4v) is 2.98. The van der Waals surface area contributed by atoms with Crippen LogP contribution in [0, 0.1) is 17.8 Å². The maximum atomic E-state index is 3.33. The first kappa shape index (κ1) is 7.93. The van der Waals surface area contributed by atoms with Gasteiger partial charge in [-0.3, -0.25) is 0 Å². The second kappa shape index (κ2) is 3.36. The first-order valence-corrected chi connectivity index (χ1v) is 5.79. The van der Waals surface area contributed by atoms with Crippen LogP contribution in [0.2, 0.25) is 0 Å². The molecule has 0 aromatic rings. The zero-order valence-electron chi connectivity index (χ0n) is 7.18. The highest BCUT2D eigenvalue weighted by Gasteiger charge is 2.38. The third-order valence-corrected chi connectivity index (χ3v) is 4.26. The van der Waals surface area contributed by atoms with Crippen molar-refractivity contribution < 1.29 is 0 Å². The normalized spacial score (nSPS) is 28.1. The Labute approximate surface area is 73.3 Å². The molecular weight excluding hydrogens is 154 g/mol. The average molecular weight is 171 g/mol. The molecule has 1 unspecified atom stereocenters. The lowest BCUT2D eigenvalue weighted by molar-refractivity contribution is 0.328. The number of nitrogens with one attached hydrogen (secondary N) is 1. The van der Waals surface area contributed by atoms with Gasteiger partial charge in [-0.05, 0) is 55.7 Å². The van der Waals surface area contributed by atoms with Crippen LogP contribution in [0.15, 0.2) is 0 Å². The largest absolute Gasteiger partial charge is 0.319 e. The summed E-state index contributed by atoms with van der Waals surface area (Å²) in [5.74, 6) is 6.03. The van der Waals surface area contributed by atoms with Gasteiger partial charge in [-0.15, -0.1) is 0 Å². The molecule has 1 nitrogen and oxygen atoms in total. The molecule has 0 radical (unpaired) electrons. The summed E-state index contributed by atoms with van der Waals surface area (Å²) in [6, 6.07) is 0. The van der Waals surface area contributed by atoms with Crippen molar-refractivity contribution in [3.63, 3.8) is 0 Å². The first-order chi connectivity index (χ1) is 5.42. The average Bonchev–Trinajstić information content (AvgIpc) is 2.63. The highest BCUT2D eigenvalue weighted by Crippen LogP contribution is 2.45. The lowest BCUT2D eigenvalue weighted by Gasteiger charge is -2.33. The van der Waals surface area contributed by atoms with Crippen molar-refractivity contribution in [2.24, 2.45) is 17.8 Å². The van der Waals surface area contributed by atoms with Gasteiger partial charge in [0.15, 0.2) is 0 Å². The second-order valence-electron chi connectivity index (χ2n) is 3.86. The van der Waals surface area contributed by atoms with Gasteiger partial charge in [0.25, 0.3) is 0 Å². The minimum Gasteiger partial charge on any atom is -0.319 e. The van der Waals surface area contributed by atoms with Crippen molar-refractivity contribution in [2.45, 2.75) is 12.8 Å². The molecule has 1 heterocycles. The van der Waals surface area contributed by atoms with E-state index in [1.165, 1.54) is 30.9 Å². The van der Waals surface area contributed by atoms with E-state index in [9.17, 15) is 0 Å². The molecule has 0 aromatic heterocycles. The molecule has 1 saturated heterocycles. The number of rotatable bonds is 4. The first-order valence-electron chi connectivity index (χ1n) is 4.64. The number of thioether (sulfide) groups is 1. The molecule has 0 aromatic carbocycles. The summed E-state index contributed by atoms with van der Waals surface area (Å²) in [7, 11) is 2.08. The van der Waals surface area contributed by atoms with E-state index >= 15 is 0 Å². The molecule has 2 rings (SSSR count). The Hall–Kier alpha value is 0.310. The molecule has 2 aliphatic rings. The van der Waals surface area contributed by atoms with E-state index in [4.69, 9.17) is 0 Å². The Bertz CT molecular complexity index is 130. The van der Waals surface area contributed by atoms with Gasteiger partial charge in [0.2, 0.25) is 0 Å². The lowest BCUT2D eigenvalue weighted by atomic mass is 9.90. The van der Waals surface area contributed by atoms with Crippen molar-refractivity contribution >= 4 is 11.8 Å². The third kappa shape index (κ3) is 1.73. The molecule has 0 bridgehead atoms. The fourth-order valence-electron chi connectivity index (χ4n) is 1.98. The van der Waals surface area contributed by atoms with Crippen LogP contribution in [0.3, 0.4) is 0 Å². The highest BCUT2D eigenvalue weighted by atomic mass is 32.2. The van der Waals surface area contributed by atoms with E-state index in [2.05, 4.69) is 24.1 Å². The van der Waals surface area contributed by atoms with Gasteiger partial charge in [0.1, 0.15) is 0 Å². The third-order valence-electron chi connectivity index (χ3n) is 2.94. The van der Waals surface area contributed by atoms with Crippen LogP contribution in [-0.2, 0) is 0 Å². The summed E-state index contributed by atoms with van der Waals surface area (Å²) in [6.45, 7) is 1.26. The maximum absolute atomic E-state index is 3.33. The van der Waals surface area contributed by atoms with Crippen LogP contribution in [0.25, 0.3) is 0 Å². The predicted octanol–water partition coefficient (Wildman–Crippen LogP) is 1.59. The number of hydrogen-bond donors (Lipinski definition) is 1. The summed E-state index contributed by atoms with van der Waals surface area (Å²) < 4.78 is 0. The smallest absolute Gasteiger partial charge is 0.00176 e. The fraction of sp³-hybridized carbons (Fsp3) is 1.00. The van der Waals surface area contributed by atoms with E-state index in [1.807, 2.05) is 0 Å². The Balaban J connectivity index is 1.81. The monoisotopic (exact) mass is 171 g/mol. The van der Waals surface area contributed by atoms with Crippen LogP contribution < -0.4 is 5.32 Å². The molecule has 11 heavy (non-hydrogen) atoms. The Morgan fingerprint density at radius 2 is 2.09 bits per heavy atom. The van der Waals surface area contributed by atoms with Crippen LogP contribution in [0.4, 0.5) is 0 Å². The van der Waals surface area contributed by atoms with Crippen LogP contribution in [-0.4, -0.2) is 25.1 Å². The molecule has 1 N–H and O–H groups in total. The van der Waals surface area contributed by atoms with Crippen LogP contribution in [0.5, 0.6) is 0 Å². The van der Waals surface area contributed by atoms with Gasteiger partial charge >= 0.3 is 0 Å². The molecule has 1 aliphatic carbocycles. The summed E-state index contributed by atoms with van der Waals surface area (Å²) in [5.41, 5.74) is 0. The van der Waals surface area contributed by atoms with Crippen molar-refractivity contribution in [3.8, 4) is 0 Å². The molecule has 2 heteroatoms. The SMILES string of the molecule is CNCC(C1CC1)C1CSC1. The summed E-state index contributed by atoms with van der Waals surface area (Å²) in [4.78, 5) is 0. The van der Waals surface area contributed by atoms with Gasteiger partial charge in [-0.2, -0.15) is 11.8 Å². The van der Waals surface area contributed by atoms with Crippen LogP contribution >= 0.6 is 11.8 Å². The summed E-state index contributed by atoms with van der Waals surface area (Å²) in [5, 5.41) is 3.33. The minimum atomic E-state index is 1.02. The highest BCUT2D eigenvalue weighted by molar-refractivity contribution is 8.00.